The lowest BCUT2D eigenvalue weighted by atomic mass is 9.58. The molecule has 1 aromatic carbocycles. The molecule has 0 aliphatic heterocycles. The summed E-state index contributed by atoms with van der Waals surface area (Å²) >= 11 is 0. The Labute approximate surface area is 114 Å². The van der Waals surface area contributed by atoms with E-state index in [4.69, 9.17) is 10.5 Å². The number of halogens is 1. The summed E-state index contributed by atoms with van der Waals surface area (Å²) in [5.74, 6) is 0.131. The summed E-state index contributed by atoms with van der Waals surface area (Å²) in [6.07, 6.45) is 6.64. The highest BCUT2D eigenvalue weighted by molar-refractivity contribution is 5.28. The van der Waals surface area contributed by atoms with Crippen LogP contribution in [0.1, 0.15) is 44.1 Å². The topological polar surface area (TPSA) is 35.2 Å². The van der Waals surface area contributed by atoms with Crippen molar-refractivity contribution < 1.29 is 9.13 Å². The molecule has 0 spiro atoms. The van der Waals surface area contributed by atoms with Crippen molar-refractivity contribution in [1.82, 2.24) is 0 Å². The van der Waals surface area contributed by atoms with E-state index in [1.54, 1.807) is 6.07 Å². The number of hydrogen-bond acceptors (Lipinski definition) is 2. The molecule has 3 saturated carbocycles. The minimum absolute atomic E-state index is 0.0802. The summed E-state index contributed by atoms with van der Waals surface area (Å²) in [5.41, 5.74) is 7.54. The van der Waals surface area contributed by atoms with Crippen LogP contribution >= 0.6 is 0 Å². The average molecular weight is 263 g/mol. The summed E-state index contributed by atoms with van der Waals surface area (Å²) in [7, 11) is 0. The summed E-state index contributed by atoms with van der Waals surface area (Å²) < 4.78 is 19.5. The third kappa shape index (κ3) is 2.48. The van der Waals surface area contributed by atoms with E-state index in [2.05, 4.69) is 0 Å². The Morgan fingerprint density at radius 1 is 1.16 bits per heavy atom. The van der Waals surface area contributed by atoms with E-state index in [1.165, 1.54) is 6.07 Å². The molecule has 2 bridgehead atoms. The summed E-state index contributed by atoms with van der Waals surface area (Å²) in [4.78, 5) is 0. The van der Waals surface area contributed by atoms with Crippen LogP contribution in [0.2, 0.25) is 0 Å². The van der Waals surface area contributed by atoms with Crippen LogP contribution < -0.4 is 10.5 Å². The Balaban J connectivity index is 1.66. The Morgan fingerprint density at radius 2 is 1.79 bits per heavy atom. The van der Waals surface area contributed by atoms with Gasteiger partial charge in [-0.25, -0.2) is 4.39 Å². The van der Waals surface area contributed by atoms with E-state index in [-0.39, 0.29) is 16.8 Å². The average Bonchev–Trinajstić information content (AvgIpc) is 2.40. The maximum atomic E-state index is 13.8. The molecule has 0 saturated heterocycles. The van der Waals surface area contributed by atoms with Gasteiger partial charge in [0.15, 0.2) is 11.6 Å². The van der Waals surface area contributed by atoms with Gasteiger partial charge in [-0.2, -0.15) is 0 Å². The first-order chi connectivity index (χ1) is 9.00. The lowest BCUT2D eigenvalue weighted by molar-refractivity contribution is 0.00431. The van der Waals surface area contributed by atoms with Crippen molar-refractivity contribution in [2.24, 2.45) is 11.1 Å². The number of nitrogens with two attached hydrogens (primary N) is 1. The second-order valence-corrected chi connectivity index (χ2v) is 6.58. The first-order valence-electron chi connectivity index (χ1n) is 7.18. The van der Waals surface area contributed by atoms with E-state index >= 15 is 0 Å². The van der Waals surface area contributed by atoms with E-state index in [1.807, 2.05) is 13.0 Å². The van der Waals surface area contributed by atoms with Gasteiger partial charge in [-0.05, 0) is 63.1 Å². The standard InChI is InChI=1S/C16H22FNO/c1-12-2-3-14(13(17)10-12)19-11-15-4-7-16(18,8-5-15)9-6-15/h2-3,10H,4-9,11,18H2,1H3. The Kier molecular flexibility index (Phi) is 3.05. The van der Waals surface area contributed by atoms with Crippen molar-refractivity contribution in [1.29, 1.82) is 0 Å². The van der Waals surface area contributed by atoms with Crippen molar-refractivity contribution in [3.8, 4) is 5.75 Å². The molecule has 4 rings (SSSR count). The van der Waals surface area contributed by atoms with Crippen molar-refractivity contribution in [2.45, 2.75) is 51.0 Å². The third-order valence-electron chi connectivity index (χ3n) is 5.08. The molecule has 0 amide bonds. The smallest absolute Gasteiger partial charge is 0.165 e. The zero-order chi connectivity index (χ0) is 13.5. The van der Waals surface area contributed by atoms with Gasteiger partial charge in [0.05, 0.1) is 6.61 Å². The fourth-order valence-electron chi connectivity index (χ4n) is 3.46. The Hall–Kier alpha value is -1.09. The van der Waals surface area contributed by atoms with Gasteiger partial charge in [0, 0.05) is 11.0 Å². The molecule has 0 atom stereocenters. The van der Waals surface area contributed by atoms with Crippen LogP contribution in [-0.4, -0.2) is 12.1 Å². The molecule has 19 heavy (non-hydrogen) atoms. The van der Waals surface area contributed by atoms with Crippen LogP contribution in [0.5, 0.6) is 5.75 Å². The van der Waals surface area contributed by atoms with Crippen LogP contribution in [-0.2, 0) is 0 Å². The second kappa shape index (κ2) is 4.48. The van der Waals surface area contributed by atoms with Crippen molar-refractivity contribution in [3.63, 3.8) is 0 Å². The van der Waals surface area contributed by atoms with Crippen LogP contribution in [0.15, 0.2) is 18.2 Å². The first kappa shape index (κ1) is 12.9. The maximum absolute atomic E-state index is 13.8. The number of fused-ring (bicyclic) bond motifs is 3. The first-order valence-corrected chi connectivity index (χ1v) is 7.18. The van der Waals surface area contributed by atoms with Gasteiger partial charge >= 0.3 is 0 Å². The van der Waals surface area contributed by atoms with Gasteiger partial charge in [-0.3, -0.25) is 0 Å². The molecule has 0 radical (unpaired) electrons. The van der Waals surface area contributed by atoms with Crippen LogP contribution in [0.4, 0.5) is 4.39 Å². The molecule has 3 aliphatic rings. The SMILES string of the molecule is Cc1ccc(OCC23CCC(N)(CC2)CC3)c(F)c1. The van der Waals surface area contributed by atoms with Gasteiger partial charge < -0.3 is 10.5 Å². The fraction of sp³-hybridized carbons (Fsp3) is 0.625. The lowest BCUT2D eigenvalue weighted by Gasteiger charge is -2.51. The van der Waals surface area contributed by atoms with Crippen LogP contribution in [0.3, 0.4) is 0 Å². The van der Waals surface area contributed by atoms with Gasteiger partial charge in [-0.1, -0.05) is 6.07 Å². The number of hydrogen-bond donors (Lipinski definition) is 1. The van der Waals surface area contributed by atoms with E-state index in [0.29, 0.717) is 12.4 Å². The van der Waals surface area contributed by atoms with Gasteiger partial charge in [0.25, 0.3) is 0 Å². The molecule has 0 aromatic heterocycles. The van der Waals surface area contributed by atoms with Crippen molar-refractivity contribution in [3.05, 3.63) is 29.6 Å². The minimum Gasteiger partial charge on any atom is -0.490 e. The highest BCUT2D eigenvalue weighted by Gasteiger charge is 2.47. The fourth-order valence-corrected chi connectivity index (χ4v) is 3.46. The maximum Gasteiger partial charge on any atom is 0.165 e. The predicted molar refractivity (Wildman–Crippen MR) is 73.7 cm³/mol. The number of aryl methyl sites for hydroxylation is 1. The van der Waals surface area contributed by atoms with E-state index in [9.17, 15) is 4.39 Å². The highest BCUT2D eigenvalue weighted by Crippen LogP contribution is 2.51. The molecule has 0 unspecified atom stereocenters. The third-order valence-corrected chi connectivity index (χ3v) is 5.08. The van der Waals surface area contributed by atoms with Crippen molar-refractivity contribution in [2.75, 3.05) is 6.61 Å². The Bertz CT molecular complexity index is 461. The summed E-state index contributed by atoms with van der Waals surface area (Å²) in [6, 6.07) is 5.16. The second-order valence-electron chi connectivity index (χ2n) is 6.58. The molecule has 3 heteroatoms. The predicted octanol–water partition coefficient (Wildman–Crippen LogP) is 3.56. The molecular weight excluding hydrogens is 241 g/mol. The zero-order valence-electron chi connectivity index (χ0n) is 11.5. The molecule has 2 nitrogen and oxygen atoms in total. The van der Waals surface area contributed by atoms with Crippen LogP contribution in [0, 0.1) is 18.2 Å². The molecular formula is C16H22FNO. The molecule has 3 aliphatic carbocycles. The van der Waals surface area contributed by atoms with E-state index in [0.717, 1.165) is 44.1 Å². The number of rotatable bonds is 3. The van der Waals surface area contributed by atoms with Gasteiger partial charge in [-0.15, -0.1) is 0 Å². The molecule has 2 N–H and O–H groups in total. The number of benzene rings is 1. The van der Waals surface area contributed by atoms with Crippen LogP contribution in [0.25, 0.3) is 0 Å². The lowest BCUT2D eigenvalue weighted by Crippen LogP contribution is -2.53. The number of ether oxygens (including phenoxy) is 1. The Morgan fingerprint density at radius 3 is 2.37 bits per heavy atom. The summed E-state index contributed by atoms with van der Waals surface area (Å²) in [6.45, 7) is 2.51. The quantitative estimate of drug-likeness (QED) is 0.905. The summed E-state index contributed by atoms with van der Waals surface area (Å²) in [5, 5.41) is 0. The van der Waals surface area contributed by atoms with Gasteiger partial charge in [0.1, 0.15) is 0 Å². The zero-order valence-corrected chi connectivity index (χ0v) is 11.5. The largest absolute Gasteiger partial charge is 0.490 e. The minimum atomic E-state index is -0.254. The van der Waals surface area contributed by atoms with E-state index < -0.39 is 0 Å². The molecule has 3 fully saturated rings. The molecule has 104 valence electrons. The highest BCUT2D eigenvalue weighted by atomic mass is 19.1. The van der Waals surface area contributed by atoms with Gasteiger partial charge in [0.2, 0.25) is 0 Å². The molecule has 0 heterocycles. The molecule has 1 aromatic rings. The van der Waals surface area contributed by atoms with Crippen molar-refractivity contribution >= 4 is 0 Å². The monoisotopic (exact) mass is 263 g/mol. The normalized spacial score (nSPS) is 33.4.